The third kappa shape index (κ3) is 4.38. The smallest absolute Gasteiger partial charge is 0.341 e. The number of rotatable bonds is 6. The zero-order valence-corrected chi connectivity index (χ0v) is 9.94. The highest BCUT2D eigenvalue weighted by Crippen LogP contribution is 2.16. The maximum Gasteiger partial charge on any atom is 0.341 e. The lowest BCUT2D eigenvalue weighted by Gasteiger charge is -2.08. The highest BCUT2D eigenvalue weighted by atomic mass is 19.1. The largest absolute Gasteiger partial charge is 0.477 e. The Hall–Kier alpha value is -1.65. The monoisotopic (exact) mass is 241 g/mol. The van der Waals surface area contributed by atoms with Crippen LogP contribution in [0.3, 0.4) is 0 Å². The minimum absolute atomic E-state index is 0.0253. The first-order valence-electron chi connectivity index (χ1n) is 5.52. The fourth-order valence-electron chi connectivity index (χ4n) is 1.36. The minimum Gasteiger partial charge on any atom is -0.477 e. The van der Waals surface area contributed by atoms with Crippen molar-refractivity contribution in [3.8, 4) is 5.88 Å². The molecule has 0 bridgehead atoms. The highest BCUT2D eigenvalue weighted by Gasteiger charge is 2.14. The molecule has 0 saturated heterocycles. The maximum absolute atomic E-state index is 12.8. The standard InChI is InChI=1S/C12H16FNO3/c1-8(2)4-3-5-17-11-10(12(15)16)6-9(13)7-14-11/h6-8H,3-5H2,1-2H3,(H,15,16). The Morgan fingerprint density at radius 2 is 2.29 bits per heavy atom. The Balaban J connectivity index is 2.61. The Kier molecular flexibility index (Phi) is 4.87. The molecule has 0 aliphatic rings. The van der Waals surface area contributed by atoms with E-state index in [1.165, 1.54) is 0 Å². The average molecular weight is 241 g/mol. The van der Waals surface area contributed by atoms with Gasteiger partial charge in [-0.3, -0.25) is 0 Å². The SMILES string of the molecule is CC(C)CCCOc1ncc(F)cc1C(=O)O. The molecule has 0 aromatic carbocycles. The predicted molar refractivity (Wildman–Crippen MR) is 60.7 cm³/mol. The number of hydrogen-bond acceptors (Lipinski definition) is 3. The van der Waals surface area contributed by atoms with Gasteiger partial charge in [0.1, 0.15) is 11.4 Å². The van der Waals surface area contributed by atoms with Gasteiger partial charge in [-0.2, -0.15) is 0 Å². The first-order chi connectivity index (χ1) is 8.00. The molecule has 1 aromatic rings. The van der Waals surface area contributed by atoms with Crippen molar-refractivity contribution in [2.45, 2.75) is 26.7 Å². The van der Waals surface area contributed by atoms with Crippen LogP contribution in [0.5, 0.6) is 5.88 Å². The molecule has 0 aliphatic carbocycles. The van der Waals surface area contributed by atoms with Gasteiger partial charge in [0.2, 0.25) is 5.88 Å². The summed E-state index contributed by atoms with van der Waals surface area (Å²) in [5, 5.41) is 8.85. The summed E-state index contributed by atoms with van der Waals surface area (Å²) in [5.74, 6) is -1.38. The first kappa shape index (κ1) is 13.4. The molecule has 1 aromatic heterocycles. The van der Waals surface area contributed by atoms with Crippen LogP contribution in [-0.4, -0.2) is 22.7 Å². The first-order valence-corrected chi connectivity index (χ1v) is 5.52. The van der Waals surface area contributed by atoms with Crippen LogP contribution < -0.4 is 4.74 Å². The van der Waals surface area contributed by atoms with Crippen molar-refractivity contribution in [3.63, 3.8) is 0 Å². The summed E-state index contributed by atoms with van der Waals surface area (Å²) in [5.41, 5.74) is -0.241. The van der Waals surface area contributed by atoms with E-state index in [0.717, 1.165) is 25.1 Å². The number of nitrogens with zero attached hydrogens (tertiary/aromatic N) is 1. The molecule has 0 radical (unpaired) electrons. The minimum atomic E-state index is -1.24. The molecule has 0 spiro atoms. The third-order valence-electron chi connectivity index (χ3n) is 2.21. The average Bonchev–Trinajstić information content (AvgIpc) is 2.25. The Morgan fingerprint density at radius 3 is 2.88 bits per heavy atom. The van der Waals surface area contributed by atoms with Crippen LogP contribution in [0.1, 0.15) is 37.0 Å². The van der Waals surface area contributed by atoms with Crippen LogP contribution in [0.25, 0.3) is 0 Å². The Bertz CT molecular complexity index is 393. The van der Waals surface area contributed by atoms with Crippen LogP contribution in [0.2, 0.25) is 0 Å². The molecule has 0 saturated carbocycles. The normalized spacial score (nSPS) is 10.6. The van der Waals surface area contributed by atoms with Gasteiger partial charge in [-0.1, -0.05) is 13.8 Å². The van der Waals surface area contributed by atoms with Gasteiger partial charge < -0.3 is 9.84 Å². The molecule has 0 fully saturated rings. The summed E-state index contributed by atoms with van der Waals surface area (Å²) < 4.78 is 18.1. The zero-order chi connectivity index (χ0) is 12.8. The number of halogens is 1. The van der Waals surface area contributed by atoms with E-state index in [1.54, 1.807) is 0 Å². The second-order valence-corrected chi connectivity index (χ2v) is 4.20. The van der Waals surface area contributed by atoms with E-state index in [4.69, 9.17) is 9.84 Å². The number of hydrogen-bond donors (Lipinski definition) is 1. The van der Waals surface area contributed by atoms with Crippen LogP contribution in [-0.2, 0) is 0 Å². The summed E-state index contributed by atoms with van der Waals surface area (Å²) in [7, 11) is 0. The van der Waals surface area contributed by atoms with E-state index in [-0.39, 0.29) is 11.4 Å². The number of pyridine rings is 1. The van der Waals surface area contributed by atoms with Crippen LogP contribution in [0.4, 0.5) is 4.39 Å². The maximum atomic E-state index is 12.8. The summed E-state index contributed by atoms with van der Waals surface area (Å²) in [4.78, 5) is 14.5. The molecule has 0 aliphatic heterocycles. The molecule has 4 nitrogen and oxygen atoms in total. The number of aromatic nitrogens is 1. The van der Waals surface area contributed by atoms with E-state index in [1.807, 2.05) is 0 Å². The molecule has 5 heteroatoms. The molecule has 0 unspecified atom stereocenters. The van der Waals surface area contributed by atoms with Crippen LogP contribution in [0, 0.1) is 11.7 Å². The van der Waals surface area contributed by atoms with Gasteiger partial charge in [-0.15, -0.1) is 0 Å². The van der Waals surface area contributed by atoms with E-state index >= 15 is 0 Å². The molecular weight excluding hydrogens is 225 g/mol. The molecular formula is C12H16FNO3. The van der Waals surface area contributed by atoms with Crippen molar-refractivity contribution in [2.75, 3.05) is 6.61 Å². The Labute approximate surface area is 99.4 Å². The zero-order valence-electron chi connectivity index (χ0n) is 9.94. The summed E-state index contributed by atoms with van der Waals surface area (Å²) in [6.07, 6.45) is 2.75. The fraction of sp³-hybridized carbons (Fsp3) is 0.500. The van der Waals surface area contributed by atoms with Crippen molar-refractivity contribution in [2.24, 2.45) is 5.92 Å². The van der Waals surface area contributed by atoms with E-state index < -0.39 is 11.8 Å². The lowest BCUT2D eigenvalue weighted by Crippen LogP contribution is -2.07. The van der Waals surface area contributed by atoms with Crippen molar-refractivity contribution < 1.29 is 19.0 Å². The lowest BCUT2D eigenvalue weighted by atomic mass is 10.1. The van der Waals surface area contributed by atoms with Gasteiger partial charge in [0.05, 0.1) is 12.8 Å². The van der Waals surface area contributed by atoms with Crippen molar-refractivity contribution in [3.05, 3.63) is 23.6 Å². The van der Waals surface area contributed by atoms with E-state index in [9.17, 15) is 9.18 Å². The number of aromatic carboxylic acids is 1. The predicted octanol–water partition coefficient (Wildman–Crippen LogP) is 2.73. The van der Waals surface area contributed by atoms with Crippen molar-refractivity contribution in [1.29, 1.82) is 0 Å². The van der Waals surface area contributed by atoms with Gasteiger partial charge in [0.15, 0.2) is 0 Å². The van der Waals surface area contributed by atoms with Gasteiger partial charge in [0.25, 0.3) is 0 Å². The lowest BCUT2D eigenvalue weighted by molar-refractivity contribution is 0.0690. The number of carboxylic acid groups (broad SMARTS) is 1. The number of carbonyl (C=O) groups is 1. The summed E-state index contributed by atoms with van der Waals surface area (Å²) >= 11 is 0. The van der Waals surface area contributed by atoms with Gasteiger partial charge in [0, 0.05) is 0 Å². The van der Waals surface area contributed by atoms with Gasteiger partial charge in [-0.25, -0.2) is 14.2 Å². The number of ether oxygens (including phenoxy) is 1. The molecule has 0 atom stereocenters. The summed E-state index contributed by atoms with van der Waals surface area (Å²) in [6, 6.07) is 0.910. The number of carboxylic acids is 1. The van der Waals surface area contributed by atoms with Crippen LogP contribution in [0.15, 0.2) is 12.3 Å². The fourth-order valence-corrected chi connectivity index (χ4v) is 1.36. The molecule has 1 heterocycles. The highest BCUT2D eigenvalue weighted by molar-refractivity contribution is 5.90. The topological polar surface area (TPSA) is 59.4 Å². The second kappa shape index (κ2) is 6.18. The molecule has 1 N–H and O–H groups in total. The van der Waals surface area contributed by atoms with E-state index in [0.29, 0.717) is 12.5 Å². The Morgan fingerprint density at radius 1 is 1.59 bits per heavy atom. The van der Waals surface area contributed by atoms with E-state index in [2.05, 4.69) is 18.8 Å². The van der Waals surface area contributed by atoms with Crippen molar-refractivity contribution in [1.82, 2.24) is 4.98 Å². The van der Waals surface area contributed by atoms with Gasteiger partial charge >= 0.3 is 5.97 Å². The molecule has 17 heavy (non-hydrogen) atoms. The molecule has 94 valence electrons. The molecule has 0 amide bonds. The third-order valence-corrected chi connectivity index (χ3v) is 2.21. The van der Waals surface area contributed by atoms with Gasteiger partial charge in [-0.05, 0) is 24.8 Å². The summed E-state index contributed by atoms with van der Waals surface area (Å²) in [6.45, 7) is 4.58. The van der Waals surface area contributed by atoms with Crippen LogP contribution >= 0.6 is 0 Å². The van der Waals surface area contributed by atoms with Crippen molar-refractivity contribution >= 4 is 5.97 Å². The molecule has 1 rings (SSSR count). The quantitative estimate of drug-likeness (QED) is 0.778. The second-order valence-electron chi connectivity index (χ2n) is 4.20.